The molecule has 4 aromatic carbocycles. The number of rotatable bonds is 39. The molecule has 102 heavy (non-hydrogen) atoms. The van der Waals surface area contributed by atoms with Crippen LogP contribution in [-0.2, 0) is 25.9 Å². The van der Waals surface area contributed by atoms with Gasteiger partial charge in [0.2, 0.25) is 0 Å². The Bertz CT molecular complexity index is 4640. The highest BCUT2D eigenvalue weighted by Crippen LogP contribution is 2.55. The van der Waals surface area contributed by atoms with Crippen LogP contribution in [0.15, 0.2) is 84.9 Å². The minimum Gasteiger partial charge on any atom is -0.206 e. The average Bonchev–Trinajstić information content (AvgIpc) is 1.55. The Morgan fingerprint density at radius 1 is 0.343 bits per heavy atom. The predicted molar refractivity (Wildman–Crippen MR) is 436 cm³/mol. The van der Waals surface area contributed by atoms with Crippen molar-refractivity contribution in [3.8, 4) is 73.1 Å². The van der Waals surface area contributed by atoms with Crippen molar-refractivity contribution in [2.75, 3.05) is 0 Å². The quantitative estimate of drug-likeness (QED) is 0.0285. The van der Waals surface area contributed by atoms with Crippen LogP contribution in [0.3, 0.4) is 0 Å². The maximum atomic E-state index is 17.0. The van der Waals surface area contributed by atoms with Crippen LogP contribution in [0.25, 0.3) is 115 Å². The summed E-state index contributed by atoms with van der Waals surface area (Å²) in [6, 6.07) is 27.8. The van der Waals surface area contributed by atoms with E-state index in [9.17, 15) is 0 Å². The summed E-state index contributed by atoms with van der Waals surface area (Å²) in [5.74, 6) is -0.324. The first kappa shape index (κ1) is 75.8. The standard InChI is InChI=1S/C86H104F4N6S6/c1-11-19-25-27-33-57(31-23-15-5)51-95-91-81-53(9)35-36-61(82(81)92-95)70-43-41-68(98-70)59-37-38-60(80(90)79(59)89)69-42-44-71(99-69)62-39-40-63(84-83(62)93-96(94-84)52-58(32-24-16-6)34-28-26-20-12-2)72-48-65-78(76-50-67(88)74(101-76)47-56(18-8)30-22-14-4)85-64(45-54(10)97-85)77(86(65)102-72)75-49-66(87)73(100-75)46-55(17-7)29-21-13-3/h35-45,48-50,55-58H,11-34,46-47,51-52H2,1-10H3. The predicted octanol–water partition coefficient (Wildman–Crippen LogP) is 29.8. The molecular weight excluding hydrogens is 1390 g/mol. The van der Waals surface area contributed by atoms with Gasteiger partial charge in [0.1, 0.15) is 33.7 Å². The van der Waals surface area contributed by atoms with Crippen LogP contribution >= 0.6 is 68.0 Å². The van der Waals surface area contributed by atoms with Gasteiger partial charge >= 0.3 is 0 Å². The van der Waals surface area contributed by atoms with Gasteiger partial charge in [-0.2, -0.15) is 30.0 Å². The summed E-state index contributed by atoms with van der Waals surface area (Å²) in [6.07, 6.45) is 29.0. The summed E-state index contributed by atoms with van der Waals surface area (Å²) >= 11 is 9.50. The zero-order chi connectivity index (χ0) is 71.6. The summed E-state index contributed by atoms with van der Waals surface area (Å²) in [7, 11) is 0. The number of hydrogen-bond acceptors (Lipinski definition) is 10. The van der Waals surface area contributed by atoms with Crippen LogP contribution in [0.4, 0.5) is 17.6 Å². The fourth-order valence-electron chi connectivity index (χ4n) is 15.2. The molecule has 4 atom stereocenters. The summed E-state index contributed by atoms with van der Waals surface area (Å²) in [6.45, 7) is 23.6. The second-order valence-electron chi connectivity index (χ2n) is 29.0. The molecule has 16 heteroatoms. The molecule has 8 aromatic heterocycles. The van der Waals surface area contributed by atoms with E-state index in [1.165, 1.54) is 86.9 Å². The van der Waals surface area contributed by atoms with Crippen molar-refractivity contribution < 1.29 is 17.6 Å². The van der Waals surface area contributed by atoms with Gasteiger partial charge in [-0.15, -0.1) is 68.0 Å². The van der Waals surface area contributed by atoms with Crippen LogP contribution in [-0.4, -0.2) is 30.0 Å². The molecule has 0 aliphatic carbocycles. The van der Waals surface area contributed by atoms with E-state index in [-0.39, 0.29) is 22.8 Å². The number of hydrogen-bond donors (Lipinski definition) is 0. The number of thiophene rings is 6. The van der Waals surface area contributed by atoms with Gasteiger partial charge in [-0.25, -0.2) is 17.6 Å². The summed E-state index contributed by atoms with van der Waals surface area (Å²) in [5, 5.41) is 23.2. The Kier molecular flexibility index (Phi) is 26.4. The average molecular weight is 1490 g/mol. The van der Waals surface area contributed by atoms with E-state index in [1.807, 2.05) is 33.9 Å². The van der Waals surface area contributed by atoms with Crippen molar-refractivity contribution in [1.82, 2.24) is 30.0 Å². The zero-order valence-electron chi connectivity index (χ0n) is 61.8. The minimum absolute atomic E-state index is 0.139. The Morgan fingerprint density at radius 2 is 0.716 bits per heavy atom. The normalized spacial score (nSPS) is 13.4. The molecule has 12 aromatic rings. The molecule has 0 N–H and O–H groups in total. The molecule has 0 fully saturated rings. The second kappa shape index (κ2) is 35.5. The molecule has 0 radical (unpaired) electrons. The van der Waals surface area contributed by atoms with Crippen molar-refractivity contribution in [3.05, 3.63) is 128 Å². The van der Waals surface area contributed by atoms with E-state index in [0.717, 1.165) is 211 Å². The molecule has 542 valence electrons. The van der Waals surface area contributed by atoms with Gasteiger partial charge in [0.05, 0.1) is 13.1 Å². The fraction of sp³-hybridized carbons (Fsp3) is 0.488. The van der Waals surface area contributed by atoms with E-state index in [4.69, 9.17) is 20.4 Å². The van der Waals surface area contributed by atoms with Gasteiger partial charge in [-0.3, -0.25) is 0 Å². The molecule has 0 saturated carbocycles. The highest BCUT2D eigenvalue weighted by atomic mass is 32.1. The van der Waals surface area contributed by atoms with E-state index >= 15 is 17.6 Å². The Labute approximate surface area is 627 Å². The van der Waals surface area contributed by atoms with Crippen LogP contribution in [0, 0.1) is 60.8 Å². The lowest BCUT2D eigenvalue weighted by Gasteiger charge is -2.15. The van der Waals surface area contributed by atoms with Crippen molar-refractivity contribution in [3.63, 3.8) is 0 Å². The number of aryl methyl sites for hydroxylation is 2. The first-order valence-corrected chi connectivity index (χ1v) is 43.6. The highest BCUT2D eigenvalue weighted by molar-refractivity contribution is 7.25. The first-order valence-electron chi connectivity index (χ1n) is 38.7. The van der Waals surface area contributed by atoms with E-state index in [0.29, 0.717) is 52.8 Å². The lowest BCUT2D eigenvalue weighted by molar-refractivity contribution is 0.330. The summed E-state index contributed by atoms with van der Waals surface area (Å²) in [5.41, 5.74) is 9.49. The zero-order valence-corrected chi connectivity index (χ0v) is 66.7. The topological polar surface area (TPSA) is 61.4 Å². The van der Waals surface area contributed by atoms with Crippen LogP contribution < -0.4 is 0 Å². The van der Waals surface area contributed by atoms with E-state index < -0.39 is 11.6 Å². The largest absolute Gasteiger partial charge is 0.206 e. The molecule has 4 unspecified atom stereocenters. The summed E-state index contributed by atoms with van der Waals surface area (Å²) < 4.78 is 69.5. The SMILES string of the molecule is CCCCCCC(CCCC)Cn1nc2c(C)ccc(-c3ccc(-c4ccc(-c5ccc(-c6ccc(-c7cc8c(-c9cc(F)c(CC(CC)CCCC)s9)c9sc(C)cc9c(-c9cc(F)c(CC(CC)CCCC)s9)c8s7)c7nn(CC(CCCC)CCCCCC)nc67)s5)c(F)c4F)s3)c2n1. The van der Waals surface area contributed by atoms with Crippen molar-refractivity contribution in [2.24, 2.45) is 23.7 Å². The third-order valence-electron chi connectivity index (χ3n) is 21.3. The van der Waals surface area contributed by atoms with E-state index in [2.05, 4.69) is 106 Å². The van der Waals surface area contributed by atoms with Gasteiger partial charge in [0, 0.05) is 108 Å². The minimum atomic E-state index is -0.886. The van der Waals surface area contributed by atoms with Gasteiger partial charge in [0.25, 0.3) is 0 Å². The van der Waals surface area contributed by atoms with Crippen molar-refractivity contribution in [2.45, 2.75) is 249 Å². The molecular formula is C86H104F4N6S6. The van der Waals surface area contributed by atoms with Gasteiger partial charge in [0.15, 0.2) is 11.6 Å². The maximum Gasteiger partial charge on any atom is 0.168 e. The maximum absolute atomic E-state index is 17.0. The first-order chi connectivity index (χ1) is 49.7. The molecule has 0 amide bonds. The van der Waals surface area contributed by atoms with Crippen molar-refractivity contribution in [1.29, 1.82) is 0 Å². The van der Waals surface area contributed by atoms with Crippen LogP contribution in [0.5, 0.6) is 0 Å². The number of nitrogens with zero attached hydrogens (tertiary/aromatic N) is 6. The molecule has 0 bridgehead atoms. The molecule has 12 rings (SSSR count). The van der Waals surface area contributed by atoms with Crippen LogP contribution in [0.1, 0.15) is 230 Å². The molecule has 0 aliphatic heterocycles. The van der Waals surface area contributed by atoms with Crippen LogP contribution in [0.2, 0.25) is 0 Å². The number of fused-ring (bicyclic) bond motifs is 4. The molecule has 0 saturated heterocycles. The lowest BCUT2D eigenvalue weighted by atomic mass is 9.95. The Morgan fingerprint density at radius 3 is 1.17 bits per heavy atom. The van der Waals surface area contributed by atoms with Gasteiger partial charge < -0.3 is 0 Å². The highest BCUT2D eigenvalue weighted by Gasteiger charge is 2.30. The molecule has 0 aliphatic rings. The number of unbranched alkanes of at least 4 members (excludes halogenated alkanes) is 10. The lowest BCUT2D eigenvalue weighted by Crippen LogP contribution is -2.13. The van der Waals surface area contributed by atoms with Gasteiger partial charge in [-0.1, -0.05) is 208 Å². The number of halogens is 4. The molecule has 8 heterocycles. The Balaban J connectivity index is 0.932. The van der Waals surface area contributed by atoms with E-state index in [1.54, 1.807) is 69.6 Å². The van der Waals surface area contributed by atoms with Gasteiger partial charge in [-0.05, 0) is 142 Å². The molecule has 6 nitrogen and oxygen atoms in total. The summed E-state index contributed by atoms with van der Waals surface area (Å²) in [4.78, 5) is 12.5. The monoisotopic (exact) mass is 1490 g/mol. The number of aromatic nitrogens is 6. The smallest absolute Gasteiger partial charge is 0.168 e. The third-order valence-corrected chi connectivity index (χ3v) is 28.2. The van der Waals surface area contributed by atoms with Crippen molar-refractivity contribution >= 4 is 110 Å². The molecule has 0 spiro atoms. The fourth-order valence-corrected chi connectivity index (χ4v) is 22.2. The third kappa shape index (κ3) is 17.0. The second-order valence-corrected chi connectivity index (χ2v) is 35.8. The number of benzene rings is 4. The Hall–Kier alpha value is -5.88.